The van der Waals surface area contributed by atoms with E-state index >= 15 is 0 Å². The third kappa shape index (κ3) is 4.63. The Hall–Kier alpha value is -2.28. The highest BCUT2D eigenvalue weighted by Crippen LogP contribution is 2.29. The van der Waals surface area contributed by atoms with Crippen LogP contribution in [-0.2, 0) is 24.6 Å². The van der Waals surface area contributed by atoms with E-state index in [-0.39, 0.29) is 12.5 Å². The summed E-state index contributed by atoms with van der Waals surface area (Å²) in [6.07, 6.45) is -1.43. The number of rotatable bonds is 4. The third-order valence-corrected chi connectivity index (χ3v) is 4.11. The lowest BCUT2D eigenvalue weighted by atomic mass is 10.1. The maximum Gasteiger partial charge on any atom is 0.416 e. The van der Waals surface area contributed by atoms with E-state index in [1.54, 1.807) is 27.1 Å². The first-order chi connectivity index (χ1) is 11.6. The Labute approximate surface area is 148 Å². The van der Waals surface area contributed by atoms with Gasteiger partial charge in [0, 0.05) is 32.3 Å². The Bertz CT molecular complexity index is 795. The summed E-state index contributed by atoms with van der Waals surface area (Å²) in [6.45, 7) is 1.98. The Morgan fingerprint density at radius 2 is 1.92 bits per heavy atom. The molecular formula is C17H17ClF3N3O. The molecule has 8 heteroatoms. The van der Waals surface area contributed by atoms with Gasteiger partial charge < -0.3 is 4.90 Å². The molecule has 0 fully saturated rings. The number of halogens is 4. The fraction of sp³-hybridized carbons (Fsp3) is 0.294. The second-order valence-electron chi connectivity index (χ2n) is 5.64. The number of carbonyl (C=O) groups excluding carboxylic acids is 1. The molecule has 0 bridgehead atoms. The van der Waals surface area contributed by atoms with Crippen molar-refractivity contribution >= 4 is 23.6 Å². The predicted molar refractivity (Wildman–Crippen MR) is 89.9 cm³/mol. The number of hydrogen-bond donors (Lipinski definition) is 0. The Morgan fingerprint density at radius 3 is 2.40 bits per heavy atom. The second kappa shape index (κ2) is 7.31. The molecule has 0 N–H and O–H groups in total. The largest absolute Gasteiger partial charge is 0.416 e. The number of carbonyl (C=O) groups is 1. The van der Waals surface area contributed by atoms with Crippen molar-refractivity contribution in [2.75, 3.05) is 7.05 Å². The van der Waals surface area contributed by atoms with Crippen molar-refractivity contribution in [3.8, 4) is 0 Å². The van der Waals surface area contributed by atoms with Gasteiger partial charge in [0.05, 0.1) is 11.3 Å². The number of benzene rings is 1. The normalized spacial score (nSPS) is 12.0. The van der Waals surface area contributed by atoms with Crippen LogP contribution in [0.3, 0.4) is 0 Å². The highest BCUT2D eigenvalue weighted by atomic mass is 35.5. The summed E-state index contributed by atoms with van der Waals surface area (Å²) < 4.78 is 39.1. The summed E-state index contributed by atoms with van der Waals surface area (Å²) in [5.41, 5.74) is 1.24. The summed E-state index contributed by atoms with van der Waals surface area (Å²) in [5.74, 6) is -0.292. The number of alkyl halides is 3. The number of aromatic nitrogens is 2. The van der Waals surface area contributed by atoms with Crippen LogP contribution < -0.4 is 0 Å². The first-order valence-corrected chi connectivity index (χ1v) is 7.76. The van der Waals surface area contributed by atoms with Crippen molar-refractivity contribution in [2.24, 2.45) is 7.05 Å². The molecule has 0 aliphatic carbocycles. The van der Waals surface area contributed by atoms with Crippen LogP contribution >= 0.6 is 11.6 Å². The smallest absolute Gasteiger partial charge is 0.338 e. The fourth-order valence-electron chi connectivity index (χ4n) is 2.27. The molecule has 0 aliphatic rings. The minimum absolute atomic E-state index is 0.196. The summed E-state index contributed by atoms with van der Waals surface area (Å²) in [4.78, 5) is 13.6. The number of aryl methyl sites for hydroxylation is 2. The van der Waals surface area contributed by atoms with Crippen molar-refractivity contribution in [1.29, 1.82) is 0 Å². The van der Waals surface area contributed by atoms with E-state index in [9.17, 15) is 18.0 Å². The first kappa shape index (κ1) is 19.1. The number of nitrogens with zero attached hydrogens (tertiary/aromatic N) is 3. The van der Waals surface area contributed by atoms with Crippen LogP contribution in [0.5, 0.6) is 0 Å². The van der Waals surface area contributed by atoms with E-state index in [0.717, 1.165) is 12.1 Å². The van der Waals surface area contributed by atoms with Crippen molar-refractivity contribution in [3.05, 3.63) is 57.9 Å². The molecule has 0 saturated carbocycles. The molecule has 134 valence electrons. The molecule has 0 radical (unpaired) electrons. The molecule has 4 nitrogen and oxygen atoms in total. The van der Waals surface area contributed by atoms with Gasteiger partial charge in [0.2, 0.25) is 5.91 Å². The minimum Gasteiger partial charge on any atom is -0.338 e. The molecule has 1 heterocycles. The van der Waals surface area contributed by atoms with Gasteiger partial charge in [-0.25, -0.2) is 0 Å². The molecule has 0 saturated heterocycles. The molecule has 0 spiro atoms. The maximum absolute atomic E-state index is 12.5. The topological polar surface area (TPSA) is 38.1 Å². The second-order valence-corrected chi connectivity index (χ2v) is 5.99. The molecule has 2 rings (SSSR count). The molecule has 0 unspecified atom stereocenters. The number of amides is 1. The zero-order valence-corrected chi connectivity index (χ0v) is 14.7. The highest BCUT2D eigenvalue weighted by molar-refractivity contribution is 6.31. The quantitative estimate of drug-likeness (QED) is 0.760. The first-order valence-electron chi connectivity index (χ1n) is 7.38. The van der Waals surface area contributed by atoms with E-state index in [0.29, 0.717) is 22.0 Å². The molecule has 1 aromatic heterocycles. The van der Waals surface area contributed by atoms with Crippen molar-refractivity contribution in [1.82, 2.24) is 14.7 Å². The molecule has 25 heavy (non-hydrogen) atoms. The lowest BCUT2D eigenvalue weighted by Crippen LogP contribution is -2.24. The molecular weight excluding hydrogens is 355 g/mol. The van der Waals surface area contributed by atoms with Crippen LogP contribution in [-0.4, -0.2) is 27.6 Å². The van der Waals surface area contributed by atoms with E-state index < -0.39 is 11.7 Å². The van der Waals surface area contributed by atoms with Gasteiger partial charge in [-0.2, -0.15) is 18.3 Å². The van der Waals surface area contributed by atoms with Gasteiger partial charge in [-0.3, -0.25) is 9.48 Å². The van der Waals surface area contributed by atoms with Gasteiger partial charge in [-0.15, -0.1) is 0 Å². The van der Waals surface area contributed by atoms with Crippen LogP contribution in [0.4, 0.5) is 13.2 Å². The highest BCUT2D eigenvalue weighted by Gasteiger charge is 2.29. The van der Waals surface area contributed by atoms with Gasteiger partial charge in [0.15, 0.2) is 0 Å². The maximum atomic E-state index is 12.5. The Balaban J connectivity index is 2.04. The summed E-state index contributed by atoms with van der Waals surface area (Å²) in [7, 11) is 3.27. The van der Waals surface area contributed by atoms with Crippen molar-refractivity contribution < 1.29 is 18.0 Å². The third-order valence-electron chi connectivity index (χ3n) is 3.67. The Morgan fingerprint density at radius 1 is 1.32 bits per heavy atom. The van der Waals surface area contributed by atoms with Gasteiger partial charge in [0.25, 0.3) is 0 Å². The molecule has 0 atom stereocenters. The lowest BCUT2D eigenvalue weighted by molar-refractivity contribution is -0.137. The Kier molecular flexibility index (Phi) is 5.57. The van der Waals surface area contributed by atoms with Crippen LogP contribution in [0, 0.1) is 6.92 Å². The zero-order chi connectivity index (χ0) is 18.8. The predicted octanol–water partition coefficient (Wildman–Crippen LogP) is 4.07. The van der Waals surface area contributed by atoms with Crippen LogP contribution in [0.15, 0.2) is 30.3 Å². The van der Waals surface area contributed by atoms with E-state index in [1.165, 1.54) is 27.8 Å². The number of hydrogen-bond acceptors (Lipinski definition) is 2. The standard InChI is InChI=1S/C17H17ClF3N3O/c1-11-14(16(18)24(3)22-11)8-9-15(25)23(2)10-12-4-6-13(7-5-12)17(19,20)21/h4-9H,10H2,1-3H3/b9-8+. The monoisotopic (exact) mass is 371 g/mol. The average molecular weight is 372 g/mol. The van der Waals surface area contributed by atoms with E-state index in [1.807, 2.05) is 0 Å². The van der Waals surface area contributed by atoms with Crippen LogP contribution in [0.25, 0.3) is 6.08 Å². The lowest BCUT2D eigenvalue weighted by Gasteiger charge is -2.16. The average Bonchev–Trinajstić information content (AvgIpc) is 2.77. The minimum atomic E-state index is -4.37. The summed E-state index contributed by atoms with van der Waals surface area (Å²) >= 11 is 6.09. The number of likely N-dealkylation sites (N-methyl/N-ethyl adjacent to an activating group) is 1. The summed E-state index contributed by atoms with van der Waals surface area (Å²) in [6, 6.07) is 4.72. The summed E-state index contributed by atoms with van der Waals surface area (Å²) in [5, 5.41) is 4.57. The molecule has 1 amide bonds. The van der Waals surface area contributed by atoms with Crippen molar-refractivity contribution in [2.45, 2.75) is 19.6 Å². The van der Waals surface area contributed by atoms with E-state index in [4.69, 9.17) is 11.6 Å². The molecule has 2 aromatic rings. The zero-order valence-electron chi connectivity index (χ0n) is 13.9. The van der Waals surface area contributed by atoms with Gasteiger partial charge in [-0.1, -0.05) is 23.7 Å². The van der Waals surface area contributed by atoms with E-state index in [2.05, 4.69) is 5.10 Å². The van der Waals surface area contributed by atoms with Crippen LogP contribution in [0.2, 0.25) is 5.15 Å². The van der Waals surface area contributed by atoms with Gasteiger partial charge >= 0.3 is 6.18 Å². The molecule has 0 aliphatic heterocycles. The van der Waals surface area contributed by atoms with Gasteiger partial charge in [0.1, 0.15) is 5.15 Å². The molecule has 1 aromatic carbocycles. The fourth-order valence-corrected chi connectivity index (χ4v) is 2.51. The van der Waals surface area contributed by atoms with Crippen molar-refractivity contribution in [3.63, 3.8) is 0 Å². The van der Waals surface area contributed by atoms with Gasteiger partial charge in [-0.05, 0) is 30.7 Å². The van der Waals surface area contributed by atoms with Crippen LogP contribution in [0.1, 0.15) is 22.4 Å². The SMILES string of the molecule is Cc1nn(C)c(Cl)c1/C=C/C(=O)N(C)Cc1ccc(C(F)(F)F)cc1.